The topological polar surface area (TPSA) is 75.2 Å². The monoisotopic (exact) mass is 384 g/mol. The Morgan fingerprint density at radius 1 is 1.37 bits per heavy atom. The van der Waals surface area contributed by atoms with Crippen LogP contribution in [0.5, 0.6) is 0 Å². The Hall–Kier alpha value is -2.28. The van der Waals surface area contributed by atoms with E-state index in [1.807, 2.05) is 17.9 Å². The van der Waals surface area contributed by atoms with Crippen molar-refractivity contribution in [2.45, 2.75) is 57.5 Å². The van der Waals surface area contributed by atoms with Gasteiger partial charge in [0.1, 0.15) is 0 Å². The molecule has 0 radical (unpaired) electrons. The minimum Gasteiger partial charge on any atom is -0.349 e. The van der Waals surface area contributed by atoms with Crippen LogP contribution in [0.1, 0.15) is 55.1 Å². The van der Waals surface area contributed by atoms with Crippen molar-refractivity contribution in [3.63, 3.8) is 0 Å². The fourth-order valence-corrected chi connectivity index (χ4v) is 5.16. The first-order chi connectivity index (χ1) is 13.0. The largest absolute Gasteiger partial charge is 0.349 e. The van der Waals surface area contributed by atoms with E-state index in [0.29, 0.717) is 12.0 Å². The third-order valence-electron chi connectivity index (χ3n) is 5.76. The molecule has 7 heteroatoms. The molecule has 2 aromatic rings. The highest BCUT2D eigenvalue weighted by Gasteiger charge is 2.45. The minimum absolute atomic E-state index is 0.0212. The Balaban J connectivity index is 1.64. The third kappa shape index (κ3) is 3.36. The minimum atomic E-state index is -0.342. The summed E-state index contributed by atoms with van der Waals surface area (Å²) in [5.41, 5.74) is 3.81. The Morgan fingerprint density at radius 2 is 2.22 bits per heavy atom. The van der Waals surface area contributed by atoms with Gasteiger partial charge in [0.25, 0.3) is 5.91 Å². The molecule has 142 valence electrons. The zero-order valence-electron chi connectivity index (χ0n) is 15.7. The number of nitrogens with one attached hydrogen (secondary N) is 1. The van der Waals surface area contributed by atoms with Crippen molar-refractivity contribution in [1.82, 2.24) is 20.2 Å². The van der Waals surface area contributed by atoms with E-state index in [1.165, 1.54) is 11.3 Å². The number of hydrogen-bond acceptors (Lipinski definition) is 5. The number of amides is 2. The van der Waals surface area contributed by atoms with Crippen LogP contribution in [0.25, 0.3) is 10.6 Å². The molecule has 2 aliphatic heterocycles. The molecule has 1 N–H and O–H groups in total. The molecule has 2 aliphatic rings. The van der Waals surface area contributed by atoms with Crippen LogP contribution in [-0.2, 0) is 4.79 Å². The van der Waals surface area contributed by atoms with Crippen LogP contribution in [0.3, 0.4) is 0 Å². The lowest BCUT2D eigenvalue weighted by atomic mass is 9.81. The van der Waals surface area contributed by atoms with E-state index < -0.39 is 0 Å². The van der Waals surface area contributed by atoms with Gasteiger partial charge in [-0.2, -0.15) is 0 Å². The molecule has 2 saturated heterocycles. The second-order valence-corrected chi connectivity index (χ2v) is 8.53. The molecule has 27 heavy (non-hydrogen) atoms. The van der Waals surface area contributed by atoms with Crippen molar-refractivity contribution in [3.05, 3.63) is 35.1 Å². The van der Waals surface area contributed by atoms with E-state index >= 15 is 0 Å². The fourth-order valence-electron chi connectivity index (χ4n) is 4.38. The molecule has 0 bridgehead atoms. The first kappa shape index (κ1) is 18.1. The highest BCUT2D eigenvalue weighted by atomic mass is 32.1. The number of carbonyl (C=O) groups is 2. The van der Waals surface area contributed by atoms with E-state index in [-0.39, 0.29) is 23.4 Å². The number of aryl methyl sites for hydroxylation is 1. The number of hydrogen-bond donors (Lipinski definition) is 1. The smallest absolute Gasteiger partial charge is 0.254 e. The normalized spacial score (nSPS) is 25.5. The van der Waals surface area contributed by atoms with E-state index in [4.69, 9.17) is 0 Å². The zero-order chi connectivity index (χ0) is 19.0. The average Bonchev–Trinajstić information content (AvgIpc) is 3.01. The van der Waals surface area contributed by atoms with Gasteiger partial charge < -0.3 is 10.2 Å². The number of nitrogens with zero attached hydrogens (tertiary/aromatic N) is 3. The predicted molar refractivity (Wildman–Crippen MR) is 105 cm³/mol. The molecular weight excluding hydrogens is 360 g/mol. The summed E-state index contributed by atoms with van der Waals surface area (Å²) >= 11 is 1.53. The van der Waals surface area contributed by atoms with Crippen molar-refractivity contribution in [2.24, 2.45) is 0 Å². The number of thiazole rings is 1. The molecule has 4 heterocycles. The molecule has 2 aromatic heterocycles. The van der Waals surface area contributed by atoms with Gasteiger partial charge in [0.05, 0.1) is 33.4 Å². The second kappa shape index (κ2) is 7.03. The summed E-state index contributed by atoms with van der Waals surface area (Å²) in [6, 6.07) is 3.68. The van der Waals surface area contributed by atoms with Gasteiger partial charge in [-0.25, -0.2) is 4.98 Å². The van der Waals surface area contributed by atoms with E-state index in [0.717, 1.165) is 48.5 Å². The quantitative estimate of drug-likeness (QED) is 0.863. The van der Waals surface area contributed by atoms with Crippen LogP contribution in [0, 0.1) is 6.92 Å². The fraction of sp³-hybridized carbons (Fsp3) is 0.500. The average molecular weight is 385 g/mol. The molecule has 2 fully saturated rings. The van der Waals surface area contributed by atoms with E-state index in [2.05, 4.69) is 22.2 Å². The standard InChI is InChI=1S/C20H24N4O2S/c1-13-18(27-12-22-13)15-11-14(7-9-21-15)19(26)24-10-4-8-20(2)16(24)5-3-6-17(25)23-20/h7,9,11-12,16H,3-6,8,10H2,1-2H3,(H,23,25)/t16-,20-/m0/s1. The van der Waals surface area contributed by atoms with Gasteiger partial charge in [-0.1, -0.05) is 0 Å². The van der Waals surface area contributed by atoms with Gasteiger partial charge in [0, 0.05) is 24.7 Å². The van der Waals surface area contributed by atoms with Crippen LogP contribution in [0.4, 0.5) is 0 Å². The molecule has 0 aliphatic carbocycles. The van der Waals surface area contributed by atoms with E-state index in [9.17, 15) is 9.59 Å². The van der Waals surface area contributed by atoms with Crippen molar-refractivity contribution in [2.75, 3.05) is 6.54 Å². The molecule has 0 aromatic carbocycles. The Labute approximate surface area is 163 Å². The number of likely N-dealkylation sites (tertiary alicyclic amines) is 1. The number of piperidine rings is 1. The highest BCUT2D eigenvalue weighted by molar-refractivity contribution is 7.13. The van der Waals surface area contributed by atoms with Gasteiger partial charge in [-0.3, -0.25) is 14.6 Å². The zero-order valence-corrected chi connectivity index (χ0v) is 16.5. The van der Waals surface area contributed by atoms with Gasteiger partial charge in [-0.05, 0) is 51.7 Å². The Morgan fingerprint density at radius 3 is 3.00 bits per heavy atom. The van der Waals surface area contributed by atoms with E-state index in [1.54, 1.807) is 17.8 Å². The lowest BCUT2D eigenvalue weighted by Crippen LogP contribution is -2.63. The lowest BCUT2D eigenvalue weighted by Gasteiger charge is -2.47. The summed E-state index contributed by atoms with van der Waals surface area (Å²) in [7, 11) is 0. The maximum absolute atomic E-state index is 13.4. The summed E-state index contributed by atoms with van der Waals surface area (Å²) < 4.78 is 0. The molecule has 2 amide bonds. The number of fused-ring (bicyclic) bond motifs is 1. The molecule has 4 rings (SSSR count). The summed E-state index contributed by atoms with van der Waals surface area (Å²) in [5, 5.41) is 3.18. The second-order valence-electron chi connectivity index (χ2n) is 7.67. The third-order valence-corrected chi connectivity index (χ3v) is 6.71. The first-order valence-corrected chi connectivity index (χ1v) is 10.3. The molecule has 6 nitrogen and oxygen atoms in total. The molecule has 0 saturated carbocycles. The van der Waals surface area contributed by atoms with Gasteiger partial charge in [0.15, 0.2) is 0 Å². The number of rotatable bonds is 2. The van der Waals surface area contributed by atoms with Gasteiger partial charge >= 0.3 is 0 Å². The SMILES string of the molecule is Cc1ncsc1-c1cc(C(=O)N2CCC[C@]3(C)NC(=O)CCC[C@H]23)ccn1. The maximum atomic E-state index is 13.4. The van der Waals surface area contributed by atoms with Crippen LogP contribution in [0.15, 0.2) is 23.8 Å². The predicted octanol–water partition coefficient (Wildman–Crippen LogP) is 3.18. The van der Waals surface area contributed by atoms with Crippen LogP contribution in [0.2, 0.25) is 0 Å². The number of carbonyl (C=O) groups excluding carboxylic acids is 2. The van der Waals surface area contributed by atoms with Crippen LogP contribution in [-0.4, -0.2) is 44.8 Å². The summed E-state index contributed by atoms with van der Waals surface area (Å²) in [6.07, 6.45) is 5.71. The lowest BCUT2D eigenvalue weighted by molar-refractivity contribution is -0.123. The Bertz CT molecular complexity index is 880. The summed E-state index contributed by atoms with van der Waals surface area (Å²) in [5.74, 6) is 0.119. The van der Waals surface area contributed by atoms with Crippen LogP contribution < -0.4 is 5.32 Å². The molecule has 0 spiro atoms. The Kier molecular flexibility index (Phi) is 4.72. The van der Waals surface area contributed by atoms with Gasteiger partial charge in [-0.15, -0.1) is 11.3 Å². The van der Waals surface area contributed by atoms with Crippen molar-refractivity contribution >= 4 is 23.2 Å². The molecule has 0 unspecified atom stereocenters. The summed E-state index contributed by atoms with van der Waals surface area (Å²) in [6.45, 7) is 4.76. The van der Waals surface area contributed by atoms with Crippen molar-refractivity contribution < 1.29 is 9.59 Å². The molecule has 2 atom stereocenters. The highest BCUT2D eigenvalue weighted by Crippen LogP contribution is 2.34. The maximum Gasteiger partial charge on any atom is 0.254 e. The van der Waals surface area contributed by atoms with Crippen LogP contribution >= 0.6 is 11.3 Å². The first-order valence-electron chi connectivity index (χ1n) is 9.46. The number of pyridine rings is 1. The van der Waals surface area contributed by atoms with Gasteiger partial charge in [0.2, 0.25) is 5.91 Å². The van der Waals surface area contributed by atoms with Crippen molar-refractivity contribution in [3.8, 4) is 10.6 Å². The molecular formula is C20H24N4O2S. The summed E-state index contributed by atoms with van der Waals surface area (Å²) in [4.78, 5) is 37.1. The number of aromatic nitrogens is 2. The van der Waals surface area contributed by atoms with Crippen molar-refractivity contribution in [1.29, 1.82) is 0 Å².